The molecule has 12 nitrogen and oxygen atoms in total. The van der Waals surface area contributed by atoms with Gasteiger partial charge in [-0.3, -0.25) is 4.79 Å². The first-order valence-corrected chi connectivity index (χ1v) is 16.3. The SMILES string of the molecule is CCCOc1cccc(CSC[C@@H](C(=O)OC)N(C(=O)Cn2cc(Oc3ccc4nc(C)sc4c3)nn2)C(=O)OC(C)(C)C)c1. The third kappa shape index (κ3) is 9.66. The molecular formula is C31H37N5O7S2. The molecule has 45 heavy (non-hydrogen) atoms. The summed E-state index contributed by atoms with van der Waals surface area (Å²) in [6, 6.07) is 11.8. The summed E-state index contributed by atoms with van der Waals surface area (Å²) in [6.45, 7) is 9.19. The number of aromatic nitrogens is 4. The lowest BCUT2D eigenvalue weighted by Gasteiger charge is -2.30. The number of methoxy groups -OCH3 is 1. The molecule has 0 bridgehead atoms. The van der Waals surface area contributed by atoms with Gasteiger partial charge >= 0.3 is 12.1 Å². The molecule has 2 amide bonds. The molecule has 0 aliphatic heterocycles. The van der Waals surface area contributed by atoms with E-state index in [1.807, 2.05) is 50.2 Å². The molecule has 0 fully saturated rings. The van der Waals surface area contributed by atoms with Crippen molar-refractivity contribution in [3.63, 3.8) is 0 Å². The summed E-state index contributed by atoms with van der Waals surface area (Å²) in [5, 5.41) is 8.93. The zero-order chi connectivity index (χ0) is 32.6. The van der Waals surface area contributed by atoms with Crippen LogP contribution in [0, 0.1) is 6.92 Å². The predicted octanol–water partition coefficient (Wildman–Crippen LogP) is 6.02. The average Bonchev–Trinajstić information content (AvgIpc) is 3.58. The first-order chi connectivity index (χ1) is 21.5. The number of thiazole rings is 1. The number of carbonyl (C=O) groups excluding carboxylic acids is 3. The lowest BCUT2D eigenvalue weighted by Crippen LogP contribution is -2.53. The summed E-state index contributed by atoms with van der Waals surface area (Å²) in [5.74, 6) is 0.529. The molecule has 4 rings (SSSR count). The summed E-state index contributed by atoms with van der Waals surface area (Å²) in [5.41, 5.74) is 0.912. The van der Waals surface area contributed by atoms with Gasteiger partial charge in [0.1, 0.15) is 29.7 Å². The van der Waals surface area contributed by atoms with Crippen LogP contribution in [-0.4, -0.2) is 74.0 Å². The number of fused-ring (bicyclic) bond motifs is 1. The number of ether oxygens (including phenoxy) is 4. The standard InChI is InChI=1S/C31H37N5O7S2/c1-7-13-41-22-10-8-9-21(14-22)18-44-19-25(29(38)40-6)36(30(39)43-31(3,4)5)28(37)17-35-16-27(33-34-35)42-23-11-12-24-26(15-23)45-20(2)32-24/h8-12,14-16,25H,7,13,17-19H2,1-6H3/t25-/m0/s1. The fourth-order valence-corrected chi connectivity index (χ4v) is 6.05. The Balaban J connectivity index is 1.49. The van der Waals surface area contributed by atoms with E-state index >= 15 is 0 Å². The van der Waals surface area contributed by atoms with Gasteiger partial charge in [0.15, 0.2) is 0 Å². The second kappa shape index (κ2) is 15.2. The Morgan fingerprint density at radius 3 is 2.64 bits per heavy atom. The van der Waals surface area contributed by atoms with E-state index in [2.05, 4.69) is 15.3 Å². The van der Waals surface area contributed by atoms with Crippen molar-refractivity contribution in [2.24, 2.45) is 0 Å². The minimum atomic E-state index is -1.25. The summed E-state index contributed by atoms with van der Waals surface area (Å²) >= 11 is 2.91. The smallest absolute Gasteiger partial charge is 0.417 e. The van der Waals surface area contributed by atoms with Crippen molar-refractivity contribution in [1.29, 1.82) is 0 Å². The summed E-state index contributed by atoms with van der Waals surface area (Å²) in [7, 11) is 1.21. The number of thioether (sulfide) groups is 1. The number of aryl methyl sites for hydroxylation is 1. The van der Waals surface area contributed by atoms with Crippen molar-refractivity contribution < 1.29 is 33.3 Å². The molecule has 0 radical (unpaired) electrons. The highest BCUT2D eigenvalue weighted by molar-refractivity contribution is 7.98. The molecule has 0 unspecified atom stereocenters. The Hall–Kier alpha value is -4.17. The number of amides is 2. The minimum absolute atomic E-state index is 0.0724. The normalized spacial score (nSPS) is 12.0. The quantitative estimate of drug-likeness (QED) is 0.157. The fraction of sp³-hybridized carbons (Fsp3) is 0.419. The second-order valence-electron chi connectivity index (χ2n) is 11.0. The maximum Gasteiger partial charge on any atom is 0.417 e. The van der Waals surface area contributed by atoms with Crippen LogP contribution in [0.2, 0.25) is 0 Å². The molecule has 1 atom stereocenters. The predicted molar refractivity (Wildman–Crippen MR) is 172 cm³/mol. The van der Waals surface area contributed by atoms with E-state index in [-0.39, 0.29) is 11.6 Å². The first-order valence-electron chi connectivity index (χ1n) is 14.3. The van der Waals surface area contributed by atoms with E-state index in [0.29, 0.717) is 18.1 Å². The van der Waals surface area contributed by atoms with Crippen LogP contribution in [0.5, 0.6) is 17.4 Å². The van der Waals surface area contributed by atoms with Gasteiger partial charge in [0, 0.05) is 17.6 Å². The molecule has 0 saturated heterocycles. The Kier molecular flexibility index (Phi) is 11.4. The molecule has 0 aliphatic carbocycles. The van der Waals surface area contributed by atoms with Crippen LogP contribution in [0.25, 0.3) is 10.2 Å². The highest BCUT2D eigenvalue weighted by Gasteiger charge is 2.38. The van der Waals surface area contributed by atoms with Crippen LogP contribution >= 0.6 is 23.1 Å². The first kappa shape index (κ1) is 33.7. The van der Waals surface area contributed by atoms with Gasteiger partial charge in [0.05, 0.1) is 35.1 Å². The number of hydrogen-bond donors (Lipinski definition) is 0. The average molecular weight is 656 g/mol. The van der Waals surface area contributed by atoms with Crippen LogP contribution in [0.3, 0.4) is 0 Å². The van der Waals surface area contributed by atoms with Gasteiger partial charge in [0.25, 0.3) is 11.8 Å². The van der Waals surface area contributed by atoms with Crippen LogP contribution in [-0.2, 0) is 31.4 Å². The molecule has 0 N–H and O–H groups in total. The zero-order valence-electron chi connectivity index (χ0n) is 26.1. The number of hydrogen-bond acceptors (Lipinski definition) is 12. The molecule has 2 heterocycles. The topological polar surface area (TPSA) is 135 Å². The van der Waals surface area contributed by atoms with Gasteiger partial charge in [-0.1, -0.05) is 29.4 Å². The summed E-state index contributed by atoms with van der Waals surface area (Å²) < 4.78 is 24.3. The molecule has 2 aromatic heterocycles. The maximum atomic E-state index is 13.7. The van der Waals surface area contributed by atoms with Crippen LogP contribution in [0.15, 0.2) is 48.7 Å². The lowest BCUT2D eigenvalue weighted by atomic mass is 10.2. The molecule has 0 aliphatic rings. The van der Waals surface area contributed by atoms with Crippen molar-refractivity contribution in [2.75, 3.05) is 19.5 Å². The summed E-state index contributed by atoms with van der Waals surface area (Å²) in [6.07, 6.45) is 1.35. The van der Waals surface area contributed by atoms with Crippen LogP contribution < -0.4 is 9.47 Å². The van der Waals surface area contributed by atoms with Crippen molar-refractivity contribution in [2.45, 2.75) is 65.0 Å². The fourth-order valence-electron chi connectivity index (χ4n) is 4.16. The van der Waals surface area contributed by atoms with E-state index in [9.17, 15) is 14.4 Å². The van der Waals surface area contributed by atoms with Gasteiger partial charge in [-0.05, 0) is 63.9 Å². The highest BCUT2D eigenvalue weighted by Crippen LogP contribution is 2.28. The van der Waals surface area contributed by atoms with Gasteiger partial charge in [-0.15, -0.1) is 11.3 Å². The molecule has 240 valence electrons. The third-order valence-electron chi connectivity index (χ3n) is 6.06. The Morgan fingerprint density at radius 1 is 1.11 bits per heavy atom. The molecule has 0 saturated carbocycles. The number of esters is 1. The van der Waals surface area contributed by atoms with Crippen molar-refractivity contribution in [1.82, 2.24) is 24.9 Å². The zero-order valence-corrected chi connectivity index (χ0v) is 27.8. The largest absolute Gasteiger partial charge is 0.494 e. The van der Waals surface area contributed by atoms with E-state index in [4.69, 9.17) is 18.9 Å². The number of rotatable bonds is 13. The second-order valence-corrected chi connectivity index (χ2v) is 13.3. The van der Waals surface area contributed by atoms with Crippen molar-refractivity contribution in [3.8, 4) is 17.4 Å². The Morgan fingerprint density at radius 2 is 1.91 bits per heavy atom. The van der Waals surface area contributed by atoms with Gasteiger partial charge in [-0.25, -0.2) is 24.2 Å². The Bertz CT molecular complexity index is 1630. The van der Waals surface area contributed by atoms with E-state index in [1.54, 1.807) is 38.2 Å². The number of imide groups is 1. The number of nitrogens with zero attached hydrogens (tertiary/aromatic N) is 5. The molecule has 4 aromatic rings. The minimum Gasteiger partial charge on any atom is -0.494 e. The molecular weight excluding hydrogens is 619 g/mol. The van der Waals surface area contributed by atoms with E-state index < -0.39 is 36.2 Å². The highest BCUT2D eigenvalue weighted by atomic mass is 32.2. The Labute approximate surface area is 270 Å². The number of carbonyl (C=O) groups is 3. The molecule has 2 aromatic carbocycles. The third-order valence-corrected chi connectivity index (χ3v) is 8.09. The maximum absolute atomic E-state index is 13.7. The number of benzene rings is 2. The molecule has 0 spiro atoms. The lowest BCUT2D eigenvalue weighted by molar-refractivity contribution is -0.151. The summed E-state index contributed by atoms with van der Waals surface area (Å²) in [4.78, 5) is 45.2. The van der Waals surface area contributed by atoms with Crippen molar-refractivity contribution in [3.05, 3.63) is 59.2 Å². The monoisotopic (exact) mass is 655 g/mol. The van der Waals surface area contributed by atoms with Crippen LogP contribution in [0.4, 0.5) is 4.79 Å². The van der Waals surface area contributed by atoms with Gasteiger partial charge in [-0.2, -0.15) is 11.8 Å². The van der Waals surface area contributed by atoms with Gasteiger partial charge in [0.2, 0.25) is 0 Å². The van der Waals surface area contributed by atoms with Crippen LogP contribution in [0.1, 0.15) is 44.7 Å². The molecule has 14 heteroatoms. The van der Waals surface area contributed by atoms with Gasteiger partial charge < -0.3 is 18.9 Å². The van der Waals surface area contributed by atoms with Crippen molar-refractivity contribution >= 4 is 51.3 Å². The van der Waals surface area contributed by atoms with E-state index in [1.165, 1.54) is 29.8 Å². The van der Waals surface area contributed by atoms with E-state index in [0.717, 1.165) is 37.9 Å².